The smallest absolute Gasteiger partial charge is 0.139 e. The number of nitrogens with zero attached hydrogens (tertiary/aromatic N) is 2. The minimum Gasteiger partial charge on any atom is -0.358 e. The highest BCUT2D eigenvalue weighted by Gasteiger charge is 2.10. The highest BCUT2D eigenvalue weighted by atomic mass is 32.1. The number of aryl methyl sites for hydroxylation is 2. The molecule has 2 heterocycles. The summed E-state index contributed by atoms with van der Waals surface area (Å²) in [7, 11) is 0. The van der Waals surface area contributed by atoms with Crippen molar-refractivity contribution in [3.63, 3.8) is 0 Å². The fraction of sp³-hybridized carbons (Fsp3) is 0.333. The SMILES string of the molecule is CC#CCNc1ncnc2sc(C)c(C)c12. The zero-order chi connectivity index (χ0) is 11.5. The van der Waals surface area contributed by atoms with Crippen molar-refractivity contribution in [1.29, 1.82) is 0 Å². The first kappa shape index (κ1) is 10.9. The van der Waals surface area contributed by atoms with Crippen molar-refractivity contribution in [2.45, 2.75) is 20.8 Å². The molecule has 0 aliphatic heterocycles. The highest BCUT2D eigenvalue weighted by molar-refractivity contribution is 7.18. The standard InChI is InChI=1S/C12H13N3S/c1-4-5-6-13-11-10-8(2)9(3)16-12(10)15-7-14-11/h7H,6H2,1-3H3,(H,13,14,15). The van der Waals surface area contributed by atoms with Gasteiger partial charge in [0.15, 0.2) is 0 Å². The highest BCUT2D eigenvalue weighted by Crippen LogP contribution is 2.32. The van der Waals surface area contributed by atoms with Gasteiger partial charge in [-0.3, -0.25) is 0 Å². The van der Waals surface area contributed by atoms with Crippen molar-refractivity contribution in [2.75, 3.05) is 11.9 Å². The quantitative estimate of drug-likeness (QED) is 0.808. The summed E-state index contributed by atoms with van der Waals surface area (Å²) in [6.07, 6.45) is 1.60. The van der Waals surface area contributed by atoms with Gasteiger partial charge >= 0.3 is 0 Å². The zero-order valence-electron chi connectivity index (χ0n) is 9.59. The average molecular weight is 231 g/mol. The fourth-order valence-corrected chi connectivity index (χ4v) is 2.53. The minimum atomic E-state index is 0.622. The summed E-state index contributed by atoms with van der Waals surface area (Å²) >= 11 is 1.70. The van der Waals surface area contributed by atoms with E-state index in [2.05, 4.69) is 41.0 Å². The monoisotopic (exact) mass is 231 g/mol. The Morgan fingerprint density at radius 2 is 2.19 bits per heavy atom. The first-order chi connectivity index (χ1) is 7.74. The van der Waals surface area contributed by atoms with Gasteiger partial charge in [-0.15, -0.1) is 17.3 Å². The summed E-state index contributed by atoms with van der Waals surface area (Å²) in [4.78, 5) is 10.9. The van der Waals surface area contributed by atoms with Crippen LogP contribution in [0.1, 0.15) is 17.4 Å². The predicted molar refractivity (Wildman–Crippen MR) is 68.8 cm³/mol. The van der Waals surface area contributed by atoms with Crippen molar-refractivity contribution in [3.05, 3.63) is 16.8 Å². The van der Waals surface area contributed by atoms with E-state index in [0.717, 1.165) is 16.0 Å². The molecule has 0 amide bonds. The fourth-order valence-electron chi connectivity index (χ4n) is 1.53. The van der Waals surface area contributed by atoms with Crippen LogP contribution >= 0.6 is 11.3 Å². The molecule has 4 heteroatoms. The Balaban J connectivity index is 2.46. The van der Waals surface area contributed by atoms with E-state index in [1.54, 1.807) is 17.7 Å². The molecule has 16 heavy (non-hydrogen) atoms. The van der Waals surface area contributed by atoms with Gasteiger partial charge in [0.25, 0.3) is 0 Å². The normalized spacial score (nSPS) is 9.94. The molecule has 0 radical (unpaired) electrons. The van der Waals surface area contributed by atoms with E-state index in [-0.39, 0.29) is 0 Å². The van der Waals surface area contributed by atoms with Crippen LogP contribution in [0.15, 0.2) is 6.33 Å². The van der Waals surface area contributed by atoms with Crippen molar-refractivity contribution in [2.24, 2.45) is 0 Å². The maximum absolute atomic E-state index is 4.28. The van der Waals surface area contributed by atoms with Crippen molar-refractivity contribution in [3.8, 4) is 11.8 Å². The molecule has 2 aromatic rings. The summed E-state index contributed by atoms with van der Waals surface area (Å²) in [5.74, 6) is 6.71. The first-order valence-electron chi connectivity index (χ1n) is 5.08. The second-order valence-corrected chi connectivity index (χ2v) is 4.67. The molecule has 1 N–H and O–H groups in total. The van der Waals surface area contributed by atoms with E-state index in [9.17, 15) is 0 Å². The van der Waals surface area contributed by atoms with Crippen LogP contribution in [0.2, 0.25) is 0 Å². The van der Waals surface area contributed by atoms with Gasteiger partial charge < -0.3 is 5.32 Å². The molecule has 2 aromatic heterocycles. The largest absolute Gasteiger partial charge is 0.358 e. The van der Waals surface area contributed by atoms with Gasteiger partial charge in [-0.2, -0.15) is 0 Å². The number of hydrogen-bond donors (Lipinski definition) is 1. The molecule has 82 valence electrons. The Morgan fingerprint density at radius 1 is 1.38 bits per heavy atom. The lowest BCUT2D eigenvalue weighted by molar-refractivity contribution is 1.19. The molecule has 3 nitrogen and oxygen atoms in total. The van der Waals surface area contributed by atoms with Crippen LogP contribution in [0.4, 0.5) is 5.82 Å². The summed E-state index contributed by atoms with van der Waals surface area (Å²) in [6.45, 7) is 6.67. The Morgan fingerprint density at radius 3 is 2.94 bits per heavy atom. The molecule has 0 unspecified atom stereocenters. The molecule has 0 aromatic carbocycles. The Hall–Kier alpha value is -1.60. The maximum atomic E-state index is 4.28. The summed E-state index contributed by atoms with van der Waals surface area (Å²) < 4.78 is 0. The predicted octanol–water partition coefficient (Wildman–Crippen LogP) is 2.74. The number of hydrogen-bond acceptors (Lipinski definition) is 4. The van der Waals surface area contributed by atoms with E-state index in [1.165, 1.54) is 10.4 Å². The van der Waals surface area contributed by atoms with E-state index in [4.69, 9.17) is 0 Å². The lowest BCUT2D eigenvalue weighted by atomic mass is 10.2. The second kappa shape index (κ2) is 4.50. The molecule has 2 rings (SSSR count). The third kappa shape index (κ3) is 1.86. The summed E-state index contributed by atoms with van der Waals surface area (Å²) in [5, 5.41) is 4.35. The molecular weight excluding hydrogens is 218 g/mol. The van der Waals surface area contributed by atoms with Gasteiger partial charge in [-0.05, 0) is 26.3 Å². The molecule has 0 bridgehead atoms. The molecule has 0 spiro atoms. The lowest BCUT2D eigenvalue weighted by Gasteiger charge is -2.03. The van der Waals surface area contributed by atoms with Crippen molar-refractivity contribution in [1.82, 2.24) is 9.97 Å². The zero-order valence-corrected chi connectivity index (χ0v) is 10.4. The molecule has 0 saturated heterocycles. The van der Waals surface area contributed by atoms with Gasteiger partial charge in [-0.25, -0.2) is 9.97 Å². The number of thiophene rings is 1. The van der Waals surface area contributed by atoms with E-state index in [1.807, 2.05) is 6.92 Å². The summed E-state index contributed by atoms with van der Waals surface area (Å²) in [6, 6.07) is 0. The summed E-state index contributed by atoms with van der Waals surface area (Å²) in [5.41, 5.74) is 1.26. The third-order valence-electron chi connectivity index (χ3n) is 2.49. The van der Waals surface area contributed by atoms with Crippen LogP contribution in [0.3, 0.4) is 0 Å². The van der Waals surface area contributed by atoms with Gasteiger partial charge in [0.2, 0.25) is 0 Å². The van der Waals surface area contributed by atoms with Gasteiger partial charge in [-0.1, -0.05) is 5.92 Å². The molecule has 0 aliphatic rings. The van der Waals surface area contributed by atoms with Crippen LogP contribution in [-0.2, 0) is 0 Å². The molecular formula is C12H13N3S. The third-order valence-corrected chi connectivity index (χ3v) is 3.60. The average Bonchev–Trinajstić information content (AvgIpc) is 2.56. The number of fused-ring (bicyclic) bond motifs is 1. The number of anilines is 1. The number of aromatic nitrogens is 2. The Kier molecular flexibility index (Phi) is 3.07. The number of nitrogens with one attached hydrogen (secondary N) is 1. The van der Waals surface area contributed by atoms with Crippen LogP contribution in [0, 0.1) is 25.7 Å². The van der Waals surface area contributed by atoms with Gasteiger partial charge in [0.05, 0.1) is 11.9 Å². The Bertz CT molecular complexity index is 575. The van der Waals surface area contributed by atoms with Crippen molar-refractivity contribution >= 4 is 27.4 Å². The van der Waals surface area contributed by atoms with E-state index in [0.29, 0.717) is 6.54 Å². The van der Waals surface area contributed by atoms with Crippen molar-refractivity contribution < 1.29 is 0 Å². The van der Waals surface area contributed by atoms with Gasteiger partial charge in [0, 0.05) is 4.88 Å². The van der Waals surface area contributed by atoms with Crippen LogP contribution < -0.4 is 5.32 Å². The van der Waals surface area contributed by atoms with Crippen LogP contribution in [-0.4, -0.2) is 16.5 Å². The molecule has 0 saturated carbocycles. The molecule has 0 aliphatic carbocycles. The lowest BCUT2D eigenvalue weighted by Crippen LogP contribution is -2.01. The van der Waals surface area contributed by atoms with E-state index >= 15 is 0 Å². The minimum absolute atomic E-state index is 0.622. The molecule has 0 fully saturated rings. The van der Waals surface area contributed by atoms with E-state index < -0.39 is 0 Å². The second-order valence-electron chi connectivity index (χ2n) is 3.47. The van der Waals surface area contributed by atoms with Gasteiger partial charge in [0.1, 0.15) is 17.0 Å². The first-order valence-corrected chi connectivity index (χ1v) is 5.90. The Labute approximate surface area is 98.9 Å². The van der Waals surface area contributed by atoms with Crippen LogP contribution in [0.5, 0.6) is 0 Å². The molecule has 0 atom stereocenters. The maximum Gasteiger partial charge on any atom is 0.139 e. The number of rotatable bonds is 2. The topological polar surface area (TPSA) is 37.8 Å². The van der Waals surface area contributed by atoms with Crippen LogP contribution in [0.25, 0.3) is 10.2 Å².